The van der Waals surface area contributed by atoms with Crippen LogP contribution in [0, 0.1) is 50.7 Å². The minimum absolute atomic E-state index is 0.00936. The van der Waals surface area contributed by atoms with E-state index in [1.54, 1.807) is 0 Å². The van der Waals surface area contributed by atoms with Crippen molar-refractivity contribution in [2.24, 2.45) is 50.7 Å². The van der Waals surface area contributed by atoms with Crippen LogP contribution in [0.4, 0.5) is 0 Å². The van der Waals surface area contributed by atoms with Crippen molar-refractivity contribution in [3.63, 3.8) is 0 Å². The van der Waals surface area contributed by atoms with Crippen LogP contribution in [-0.2, 0) is 9.59 Å². The van der Waals surface area contributed by atoms with E-state index >= 15 is 0 Å². The highest BCUT2D eigenvalue weighted by Crippen LogP contribution is 2.75. The zero-order valence-electron chi connectivity index (χ0n) is 22.2. The van der Waals surface area contributed by atoms with Gasteiger partial charge in [0.25, 0.3) is 0 Å². The van der Waals surface area contributed by atoms with Crippen molar-refractivity contribution >= 4 is 11.8 Å². The number of hydrogen-bond acceptors (Lipinski definition) is 3. The topological polar surface area (TPSA) is 74.6 Å². The summed E-state index contributed by atoms with van der Waals surface area (Å²) in [6.45, 7) is 15.4. The SMILES string of the molecule is C[C@@H]1CC[C@]2(C(=O)O)CC[C@]3(C)C(=CC[C@@H]4[C@@]5(C)C=CC(=O)C(C)(C)C5CC[C@]43C)[C@@H]2[C@]1(C)O. The molecule has 0 bridgehead atoms. The number of carbonyl (C=O) groups excluding carboxylic acids is 1. The Morgan fingerprint density at radius 1 is 0.971 bits per heavy atom. The van der Waals surface area contributed by atoms with E-state index in [0.717, 1.165) is 32.1 Å². The molecule has 5 rings (SSSR count). The summed E-state index contributed by atoms with van der Waals surface area (Å²) in [6, 6.07) is 0. The van der Waals surface area contributed by atoms with Gasteiger partial charge in [-0.1, -0.05) is 59.3 Å². The quantitative estimate of drug-likeness (QED) is 0.450. The number of allylic oxidation sites excluding steroid dienone is 3. The second-order valence-electron chi connectivity index (χ2n) is 14.1. The summed E-state index contributed by atoms with van der Waals surface area (Å²) >= 11 is 0. The maximum Gasteiger partial charge on any atom is 0.310 e. The van der Waals surface area contributed by atoms with Gasteiger partial charge in [0.1, 0.15) is 0 Å². The Hall–Kier alpha value is -1.42. The second-order valence-corrected chi connectivity index (χ2v) is 14.1. The van der Waals surface area contributed by atoms with Crippen LogP contribution in [0.15, 0.2) is 23.8 Å². The molecule has 0 heterocycles. The van der Waals surface area contributed by atoms with Crippen LogP contribution < -0.4 is 0 Å². The van der Waals surface area contributed by atoms with Gasteiger partial charge in [0.15, 0.2) is 5.78 Å². The highest BCUT2D eigenvalue weighted by atomic mass is 16.4. The fourth-order valence-corrected chi connectivity index (χ4v) is 10.2. The Labute approximate surface area is 205 Å². The molecule has 3 saturated carbocycles. The van der Waals surface area contributed by atoms with E-state index in [1.807, 2.05) is 13.0 Å². The molecule has 0 aromatic heterocycles. The molecule has 0 aliphatic heterocycles. The van der Waals surface area contributed by atoms with Crippen LogP contribution in [-0.4, -0.2) is 27.6 Å². The lowest BCUT2D eigenvalue weighted by molar-refractivity contribution is -0.199. The molecule has 1 unspecified atom stereocenters. The largest absolute Gasteiger partial charge is 0.481 e. The molecular weight excluding hydrogens is 424 g/mol. The maximum absolute atomic E-state index is 12.8. The molecular formula is C30H44O4. The first kappa shape index (κ1) is 24.3. The van der Waals surface area contributed by atoms with Gasteiger partial charge in [-0.05, 0) is 91.9 Å². The lowest BCUT2D eigenvalue weighted by Gasteiger charge is -2.70. The van der Waals surface area contributed by atoms with Crippen molar-refractivity contribution in [1.29, 1.82) is 0 Å². The molecule has 188 valence electrons. The van der Waals surface area contributed by atoms with E-state index in [2.05, 4.69) is 53.7 Å². The van der Waals surface area contributed by atoms with Gasteiger partial charge < -0.3 is 10.2 Å². The van der Waals surface area contributed by atoms with Crippen molar-refractivity contribution in [3.8, 4) is 0 Å². The average Bonchev–Trinajstić information content (AvgIpc) is 2.74. The van der Waals surface area contributed by atoms with Crippen LogP contribution in [0.3, 0.4) is 0 Å². The van der Waals surface area contributed by atoms with E-state index in [9.17, 15) is 19.8 Å². The molecule has 0 aromatic rings. The Morgan fingerprint density at radius 2 is 1.65 bits per heavy atom. The first-order chi connectivity index (χ1) is 15.6. The second kappa shape index (κ2) is 6.87. The summed E-state index contributed by atoms with van der Waals surface area (Å²) in [6.07, 6.45) is 12.2. The number of aliphatic carboxylic acids is 1. The standard InChI is InChI=1S/C30H44O4/c1-18-10-15-30(24(32)33)17-16-27(5)19(23(30)29(18,7)34)8-9-21-26(4)13-12-22(31)25(2,3)20(26)11-14-28(21,27)6/h8,12-13,18,20-21,23,34H,9-11,14-17H2,1-7H3,(H,32,33)/t18-,20?,21-,23-,26+,27-,28-,29-,30+/m1/s1. The molecule has 2 N–H and O–H groups in total. The molecule has 4 heteroatoms. The number of rotatable bonds is 1. The van der Waals surface area contributed by atoms with Crippen molar-refractivity contribution in [3.05, 3.63) is 23.8 Å². The normalized spacial score (nSPS) is 53.6. The third kappa shape index (κ3) is 2.59. The molecule has 5 aliphatic carbocycles. The van der Waals surface area contributed by atoms with E-state index in [4.69, 9.17) is 0 Å². The summed E-state index contributed by atoms with van der Waals surface area (Å²) in [5.74, 6) is -0.0598. The number of hydrogen-bond donors (Lipinski definition) is 2. The van der Waals surface area contributed by atoms with E-state index < -0.39 is 17.0 Å². The minimum Gasteiger partial charge on any atom is -0.481 e. The van der Waals surface area contributed by atoms with Gasteiger partial charge in [0.2, 0.25) is 0 Å². The van der Waals surface area contributed by atoms with Crippen LogP contribution >= 0.6 is 0 Å². The maximum atomic E-state index is 12.8. The van der Waals surface area contributed by atoms with Crippen LogP contribution in [0.2, 0.25) is 0 Å². The highest BCUT2D eigenvalue weighted by molar-refractivity contribution is 5.95. The number of carboxylic acids is 1. The Morgan fingerprint density at radius 3 is 2.29 bits per heavy atom. The molecule has 9 atom stereocenters. The van der Waals surface area contributed by atoms with Gasteiger partial charge in [0, 0.05) is 11.3 Å². The molecule has 0 radical (unpaired) electrons. The third-order valence-corrected chi connectivity index (χ3v) is 12.8. The molecule has 4 nitrogen and oxygen atoms in total. The lowest BCUT2D eigenvalue weighted by Crippen LogP contribution is -2.67. The van der Waals surface area contributed by atoms with Gasteiger partial charge >= 0.3 is 5.97 Å². The van der Waals surface area contributed by atoms with E-state index in [0.29, 0.717) is 24.7 Å². The van der Waals surface area contributed by atoms with Crippen molar-refractivity contribution in [2.75, 3.05) is 0 Å². The smallest absolute Gasteiger partial charge is 0.310 e. The predicted octanol–water partition coefficient (Wildman–Crippen LogP) is 6.19. The number of fused-ring (bicyclic) bond motifs is 7. The summed E-state index contributed by atoms with van der Waals surface area (Å²) in [7, 11) is 0. The Balaban J connectivity index is 1.67. The number of carboxylic acid groups (broad SMARTS) is 1. The van der Waals surface area contributed by atoms with E-state index in [1.165, 1.54) is 5.57 Å². The molecule has 0 spiro atoms. The zero-order chi connectivity index (χ0) is 25.1. The highest BCUT2D eigenvalue weighted by Gasteiger charge is 2.70. The monoisotopic (exact) mass is 468 g/mol. The molecule has 34 heavy (non-hydrogen) atoms. The minimum atomic E-state index is -1.03. The van der Waals surface area contributed by atoms with Crippen LogP contribution in [0.1, 0.15) is 93.4 Å². The average molecular weight is 469 g/mol. The summed E-state index contributed by atoms with van der Waals surface area (Å²) in [5.41, 5.74) is -1.28. The lowest BCUT2D eigenvalue weighted by atomic mass is 9.33. The third-order valence-electron chi connectivity index (χ3n) is 12.8. The fraction of sp³-hybridized carbons (Fsp3) is 0.800. The molecule has 3 fully saturated rings. The van der Waals surface area contributed by atoms with Gasteiger partial charge in [-0.25, -0.2) is 0 Å². The van der Waals surface area contributed by atoms with Crippen LogP contribution in [0.5, 0.6) is 0 Å². The Bertz CT molecular complexity index is 1000. The summed E-state index contributed by atoms with van der Waals surface area (Å²) in [5, 5.41) is 22.4. The van der Waals surface area contributed by atoms with E-state index in [-0.39, 0.29) is 39.3 Å². The van der Waals surface area contributed by atoms with Gasteiger partial charge in [-0.3, -0.25) is 9.59 Å². The van der Waals surface area contributed by atoms with Gasteiger partial charge in [-0.2, -0.15) is 0 Å². The molecule has 0 aromatic carbocycles. The van der Waals surface area contributed by atoms with Crippen molar-refractivity contribution < 1.29 is 19.8 Å². The van der Waals surface area contributed by atoms with Crippen molar-refractivity contribution in [2.45, 2.75) is 99.0 Å². The van der Waals surface area contributed by atoms with Gasteiger partial charge in [-0.15, -0.1) is 0 Å². The summed E-state index contributed by atoms with van der Waals surface area (Å²) < 4.78 is 0. The Kier molecular flexibility index (Phi) is 4.90. The number of carbonyl (C=O) groups is 2. The zero-order valence-corrected chi connectivity index (χ0v) is 22.2. The predicted molar refractivity (Wildman–Crippen MR) is 133 cm³/mol. The fourth-order valence-electron chi connectivity index (χ4n) is 10.2. The molecule has 0 saturated heterocycles. The van der Waals surface area contributed by atoms with Crippen LogP contribution in [0.25, 0.3) is 0 Å². The summed E-state index contributed by atoms with van der Waals surface area (Å²) in [4.78, 5) is 25.6. The number of aliphatic hydroxyl groups is 1. The molecule has 0 amide bonds. The number of ketones is 1. The first-order valence-electron chi connectivity index (χ1n) is 13.5. The van der Waals surface area contributed by atoms with Crippen molar-refractivity contribution in [1.82, 2.24) is 0 Å². The first-order valence-corrected chi connectivity index (χ1v) is 13.5. The molecule has 5 aliphatic rings. The van der Waals surface area contributed by atoms with Gasteiger partial charge in [0.05, 0.1) is 11.0 Å².